The van der Waals surface area contributed by atoms with E-state index in [9.17, 15) is 0 Å². The summed E-state index contributed by atoms with van der Waals surface area (Å²) in [5.74, 6) is 1.59. The van der Waals surface area contributed by atoms with Gasteiger partial charge in [0, 0.05) is 12.7 Å². The molecule has 2 rings (SSSR count). The molecular formula is C15H18N2O. The lowest BCUT2D eigenvalue weighted by Gasteiger charge is -2.07. The smallest absolute Gasteiger partial charge is 0.145 e. The molecule has 2 aromatic rings. The summed E-state index contributed by atoms with van der Waals surface area (Å²) in [4.78, 5) is 4.01. The molecule has 0 saturated carbocycles. The SMILES string of the molecule is CCCNCc1ccc(Oc2cccnc2)cc1. The lowest BCUT2D eigenvalue weighted by atomic mass is 10.2. The van der Waals surface area contributed by atoms with Crippen molar-refractivity contribution in [1.82, 2.24) is 10.3 Å². The third-order valence-electron chi connectivity index (χ3n) is 2.55. The van der Waals surface area contributed by atoms with E-state index in [0.717, 1.165) is 31.0 Å². The van der Waals surface area contributed by atoms with Gasteiger partial charge >= 0.3 is 0 Å². The molecule has 1 aromatic carbocycles. The Kier molecular flexibility index (Phi) is 4.73. The quantitative estimate of drug-likeness (QED) is 0.788. The van der Waals surface area contributed by atoms with Crippen molar-refractivity contribution in [1.29, 1.82) is 0 Å². The van der Waals surface area contributed by atoms with Crippen LogP contribution in [0.25, 0.3) is 0 Å². The first kappa shape index (κ1) is 12.6. The van der Waals surface area contributed by atoms with Crippen LogP contribution in [0.3, 0.4) is 0 Å². The summed E-state index contributed by atoms with van der Waals surface area (Å²) in [6.45, 7) is 4.12. The van der Waals surface area contributed by atoms with Crippen LogP contribution in [0, 0.1) is 0 Å². The van der Waals surface area contributed by atoms with Gasteiger partial charge in [-0.15, -0.1) is 0 Å². The Morgan fingerprint density at radius 2 is 1.94 bits per heavy atom. The van der Waals surface area contributed by atoms with Gasteiger partial charge in [0.1, 0.15) is 11.5 Å². The van der Waals surface area contributed by atoms with Crippen molar-refractivity contribution in [2.45, 2.75) is 19.9 Å². The van der Waals surface area contributed by atoms with Gasteiger partial charge in [-0.05, 0) is 42.8 Å². The van der Waals surface area contributed by atoms with Gasteiger partial charge < -0.3 is 10.1 Å². The number of hydrogen-bond donors (Lipinski definition) is 1. The lowest BCUT2D eigenvalue weighted by Crippen LogP contribution is -2.13. The number of benzene rings is 1. The predicted molar refractivity (Wildman–Crippen MR) is 72.8 cm³/mol. The summed E-state index contributed by atoms with van der Waals surface area (Å²) in [5, 5.41) is 3.37. The molecule has 3 heteroatoms. The van der Waals surface area contributed by atoms with Crippen LogP contribution < -0.4 is 10.1 Å². The fourth-order valence-corrected chi connectivity index (χ4v) is 1.63. The molecule has 0 fully saturated rings. The fourth-order valence-electron chi connectivity index (χ4n) is 1.63. The maximum atomic E-state index is 5.68. The predicted octanol–water partition coefficient (Wildman–Crippen LogP) is 3.37. The van der Waals surface area contributed by atoms with E-state index in [1.807, 2.05) is 24.3 Å². The van der Waals surface area contributed by atoms with Gasteiger partial charge in [-0.25, -0.2) is 0 Å². The van der Waals surface area contributed by atoms with Gasteiger partial charge in [0.15, 0.2) is 0 Å². The maximum absolute atomic E-state index is 5.68. The zero-order valence-corrected chi connectivity index (χ0v) is 10.6. The van der Waals surface area contributed by atoms with Crippen LogP contribution in [0.4, 0.5) is 0 Å². The van der Waals surface area contributed by atoms with Gasteiger partial charge in [0.2, 0.25) is 0 Å². The molecule has 0 atom stereocenters. The molecule has 0 spiro atoms. The highest BCUT2D eigenvalue weighted by Gasteiger charge is 1.97. The molecule has 1 heterocycles. The third-order valence-corrected chi connectivity index (χ3v) is 2.55. The Labute approximate surface area is 108 Å². The summed E-state index contributed by atoms with van der Waals surface area (Å²) in [7, 11) is 0. The van der Waals surface area contributed by atoms with Crippen molar-refractivity contribution in [2.24, 2.45) is 0 Å². The molecule has 0 saturated heterocycles. The Morgan fingerprint density at radius 3 is 2.61 bits per heavy atom. The van der Waals surface area contributed by atoms with E-state index in [4.69, 9.17) is 4.74 Å². The fraction of sp³-hybridized carbons (Fsp3) is 0.267. The molecule has 94 valence electrons. The van der Waals surface area contributed by atoms with E-state index in [-0.39, 0.29) is 0 Å². The first-order chi connectivity index (χ1) is 8.88. The highest BCUT2D eigenvalue weighted by molar-refractivity contribution is 5.31. The van der Waals surface area contributed by atoms with Crippen LogP contribution >= 0.6 is 0 Å². The molecule has 0 aliphatic heterocycles. The maximum Gasteiger partial charge on any atom is 0.145 e. The number of ether oxygens (including phenoxy) is 1. The Balaban J connectivity index is 1.91. The Bertz CT molecular complexity index is 454. The van der Waals surface area contributed by atoms with Crippen LogP contribution in [0.1, 0.15) is 18.9 Å². The molecule has 3 nitrogen and oxygen atoms in total. The minimum atomic E-state index is 0.759. The monoisotopic (exact) mass is 242 g/mol. The van der Waals surface area contributed by atoms with E-state index in [2.05, 4.69) is 29.4 Å². The summed E-state index contributed by atoms with van der Waals surface area (Å²) < 4.78 is 5.68. The number of nitrogens with zero attached hydrogens (tertiary/aromatic N) is 1. The summed E-state index contributed by atoms with van der Waals surface area (Å²) >= 11 is 0. The van der Waals surface area contributed by atoms with Crippen LogP contribution in [-0.4, -0.2) is 11.5 Å². The first-order valence-electron chi connectivity index (χ1n) is 6.26. The van der Waals surface area contributed by atoms with Crippen LogP contribution in [0.2, 0.25) is 0 Å². The molecule has 0 radical (unpaired) electrons. The van der Waals surface area contributed by atoms with Crippen LogP contribution in [-0.2, 0) is 6.54 Å². The average molecular weight is 242 g/mol. The summed E-state index contributed by atoms with van der Waals surface area (Å²) in [6, 6.07) is 11.9. The molecule has 1 aromatic heterocycles. The molecule has 0 bridgehead atoms. The molecule has 0 aliphatic carbocycles. The van der Waals surface area contributed by atoms with Gasteiger partial charge in [-0.3, -0.25) is 4.98 Å². The second-order valence-corrected chi connectivity index (χ2v) is 4.11. The zero-order valence-electron chi connectivity index (χ0n) is 10.6. The van der Waals surface area contributed by atoms with Crippen molar-refractivity contribution in [3.05, 3.63) is 54.4 Å². The number of hydrogen-bond acceptors (Lipinski definition) is 3. The van der Waals surface area contributed by atoms with Crippen molar-refractivity contribution in [3.63, 3.8) is 0 Å². The first-order valence-corrected chi connectivity index (χ1v) is 6.26. The molecule has 18 heavy (non-hydrogen) atoms. The molecule has 0 unspecified atom stereocenters. The summed E-state index contributed by atoms with van der Waals surface area (Å²) in [6.07, 6.45) is 4.59. The highest BCUT2D eigenvalue weighted by atomic mass is 16.5. The normalized spacial score (nSPS) is 10.3. The number of rotatable bonds is 6. The number of nitrogens with one attached hydrogen (secondary N) is 1. The van der Waals surface area contributed by atoms with Crippen LogP contribution in [0.15, 0.2) is 48.8 Å². The van der Waals surface area contributed by atoms with E-state index >= 15 is 0 Å². The second kappa shape index (κ2) is 6.77. The summed E-state index contributed by atoms with van der Waals surface area (Å²) in [5.41, 5.74) is 1.27. The van der Waals surface area contributed by atoms with Gasteiger partial charge in [0.25, 0.3) is 0 Å². The zero-order chi connectivity index (χ0) is 12.6. The van der Waals surface area contributed by atoms with E-state index in [0.29, 0.717) is 0 Å². The van der Waals surface area contributed by atoms with Gasteiger partial charge in [-0.2, -0.15) is 0 Å². The minimum Gasteiger partial charge on any atom is -0.456 e. The van der Waals surface area contributed by atoms with E-state index in [1.165, 1.54) is 5.56 Å². The molecule has 0 amide bonds. The largest absolute Gasteiger partial charge is 0.456 e. The van der Waals surface area contributed by atoms with Gasteiger partial charge in [-0.1, -0.05) is 19.1 Å². The Morgan fingerprint density at radius 1 is 1.11 bits per heavy atom. The van der Waals surface area contributed by atoms with Crippen molar-refractivity contribution < 1.29 is 4.74 Å². The Hall–Kier alpha value is -1.87. The lowest BCUT2D eigenvalue weighted by molar-refractivity contribution is 0.480. The third kappa shape index (κ3) is 3.86. The van der Waals surface area contributed by atoms with Crippen molar-refractivity contribution in [2.75, 3.05) is 6.54 Å². The average Bonchev–Trinajstić information content (AvgIpc) is 2.42. The van der Waals surface area contributed by atoms with E-state index < -0.39 is 0 Å². The second-order valence-electron chi connectivity index (χ2n) is 4.11. The van der Waals surface area contributed by atoms with Crippen molar-refractivity contribution in [3.8, 4) is 11.5 Å². The number of pyridine rings is 1. The molecule has 1 N–H and O–H groups in total. The highest BCUT2D eigenvalue weighted by Crippen LogP contribution is 2.20. The van der Waals surface area contributed by atoms with Gasteiger partial charge in [0.05, 0.1) is 6.20 Å². The van der Waals surface area contributed by atoms with Crippen molar-refractivity contribution >= 4 is 0 Å². The number of aromatic nitrogens is 1. The van der Waals surface area contributed by atoms with Crippen LogP contribution in [0.5, 0.6) is 11.5 Å². The molecular weight excluding hydrogens is 224 g/mol. The standard InChI is InChI=1S/C15H18N2O/c1-2-9-16-11-13-5-7-14(8-6-13)18-15-4-3-10-17-12-15/h3-8,10,12,16H,2,9,11H2,1H3. The van der Waals surface area contributed by atoms with E-state index in [1.54, 1.807) is 12.4 Å². The molecule has 0 aliphatic rings. The topological polar surface area (TPSA) is 34.1 Å². The minimum absolute atomic E-state index is 0.759.